The highest BCUT2D eigenvalue weighted by Gasteiger charge is 2.32. The van der Waals surface area contributed by atoms with Crippen molar-refractivity contribution in [1.82, 2.24) is 9.80 Å². The van der Waals surface area contributed by atoms with Crippen LogP contribution in [0.25, 0.3) is 0 Å². The number of anilines is 2. The highest BCUT2D eigenvalue weighted by Crippen LogP contribution is 2.35. The molecule has 2 aliphatic heterocycles. The fourth-order valence-electron chi connectivity index (χ4n) is 3.29. The number of amides is 1. The Morgan fingerprint density at radius 2 is 1.78 bits per heavy atom. The monoisotopic (exact) mass is 386 g/mol. The third-order valence-corrected chi connectivity index (χ3v) is 4.91. The molecule has 0 aliphatic carbocycles. The molecular weight excluding hydrogens is 361 g/mol. The minimum Gasteiger partial charge on any atom is -0.378 e. The van der Waals surface area contributed by atoms with E-state index < -0.39 is 11.7 Å². The quantitative estimate of drug-likeness (QED) is 0.854. The number of nitrogens with one attached hydrogen (secondary N) is 1. The normalized spacial score (nSPS) is 19.9. The summed E-state index contributed by atoms with van der Waals surface area (Å²) in [6.07, 6.45) is -4.46. The molecule has 1 aromatic carbocycles. The van der Waals surface area contributed by atoms with Crippen molar-refractivity contribution in [2.24, 2.45) is 0 Å². The van der Waals surface area contributed by atoms with Gasteiger partial charge in [0, 0.05) is 39.3 Å². The molecule has 1 amide bonds. The second kappa shape index (κ2) is 8.45. The summed E-state index contributed by atoms with van der Waals surface area (Å²) in [7, 11) is 2.02. The second-order valence-corrected chi connectivity index (χ2v) is 6.96. The van der Waals surface area contributed by atoms with Gasteiger partial charge in [0.25, 0.3) is 0 Å². The fourth-order valence-corrected chi connectivity index (χ4v) is 3.29. The van der Waals surface area contributed by atoms with Crippen molar-refractivity contribution < 1.29 is 22.7 Å². The Morgan fingerprint density at radius 1 is 1.11 bits per heavy atom. The third kappa shape index (κ3) is 5.33. The predicted molar refractivity (Wildman–Crippen MR) is 97.0 cm³/mol. The Bertz CT molecular complexity index is 654. The van der Waals surface area contributed by atoms with Crippen LogP contribution in [0.1, 0.15) is 5.56 Å². The number of nitrogens with zero attached hydrogens (tertiary/aromatic N) is 3. The highest BCUT2D eigenvalue weighted by atomic mass is 19.4. The smallest absolute Gasteiger partial charge is 0.378 e. The number of alkyl halides is 3. The van der Waals surface area contributed by atoms with Crippen LogP contribution in [0.4, 0.5) is 24.5 Å². The van der Waals surface area contributed by atoms with Crippen molar-refractivity contribution in [2.75, 3.05) is 76.3 Å². The molecule has 0 atom stereocenters. The van der Waals surface area contributed by atoms with Gasteiger partial charge >= 0.3 is 6.18 Å². The van der Waals surface area contributed by atoms with Gasteiger partial charge in [0.1, 0.15) is 0 Å². The van der Waals surface area contributed by atoms with Crippen LogP contribution in [0.5, 0.6) is 0 Å². The van der Waals surface area contributed by atoms with Gasteiger partial charge in [-0.25, -0.2) is 0 Å². The van der Waals surface area contributed by atoms with Gasteiger partial charge in [-0.2, -0.15) is 13.2 Å². The van der Waals surface area contributed by atoms with Crippen molar-refractivity contribution >= 4 is 17.3 Å². The number of carbonyl (C=O) groups excluding carboxylic acids is 1. The number of halogens is 3. The number of hydrogen-bond acceptors (Lipinski definition) is 5. The van der Waals surface area contributed by atoms with Crippen LogP contribution in [-0.4, -0.2) is 81.8 Å². The van der Waals surface area contributed by atoms with Crippen LogP contribution < -0.4 is 10.2 Å². The number of piperazine rings is 1. The topological polar surface area (TPSA) is 48.0 Å². The summed E-state index contributed by atoms with van der Waals surface area (Å²) in [6.45, 7) is 5.62. The Balaban J connectivity index is 1.75. The standard InChI is InChI=1S/C18H25F3N4O2/c1-23-4-6-24(7-5-23)13-17(26)22-15-12-14(18(19,20)21)2-3-16(15)25-8-10-27-11-9-25/h2-3,12H,4-11,13H2,1H3,(H,22,26). The van der Waals surface area contributed by atoms with E-state index in [-0.39, 0.29) is 18.1 Å². The Labute approximate surface area is 156 Å². The first-order valence-corrected chi connectivity index (χ1v) is 9.07. The average Bonchev–Trinajstić information content (AvgIpc) is 2.63. The molecule has 0 spiro atoms. The summed E-state index contributed by atoms with van der Waals surface area (Å²) in [6, 6.07) is 3.51. The molecule has 2 aliphatic rings. The van der Waals surface area contributed by atoms with Crippen molar-refractivity contribution in [3.8, 4) is 0 Å². The maximum atomic E-state index is 13.1. The molecule has 3 rings (SSSR count). The molecule has 1 N–H and O–H groups in total. The lowest BCUT2D eigenvalue weighted by Gasteiger charge is -2.32. The zero-order valence-corrected chi connectivity index (χ0v) is 15.4. The zero-order valence-electron chi connectivity index (χ0n) is 15.4. The Morgan fingerprint density at radius 3 is 2.41 bits per heavy atom. The van der Waals surface area contributed by atoms with E-state index in [1.165, 1.54) is 6.07 Å². The van der Waals surface area contributed by atoms with Crippen LogP contribution in [0.2, 0.25) is 0 Å². The van der Waals surface area contributed by atoms with Gasteiger partial charge in [-0.1, -0.05) is 0 Å². The molecule has 6 nitrogen and oxygen atoms in total. The minimum absolute atomic E-state index is 0.173. The Kier molecular flexibility index (Phi) is 6.23. The predicted octanol–water partition coefficient (Wildman–Crippen LogP) is 1.73. The van der Waals surface area contributed by atoms with E-state index >= 15 is 0 Å². The molecule has 9 heteroatoms. The Hall–Kier alpha value is -1.84. The molecule has 2 saturated heterocycles. The van der Waals surface area contributed by atoms with Gasteiger partial charge in [0.2, 0.25) is 5.91 Å². The van der Waals surface area contributed by atoms with Gasteiger partial charge in [-0.05, 0) is 25.2 Å². The van der Waals surface area contributed by atoms with Gasteiger partial charge in [-0.3, -0.25) is 9.69 Å². The van der Waals surface area contributed by atoms with Crippen LogP contribution in [-0.2, 0) is 15.7 Å². The molecular formula is C18H25F3N4O2. The number of ether oxygens (including phenoxy) is 1. The maximum Gasteiger partial charge on any atom is 0.416 e. The lowest BCUT2D eigenvalue weighted by Crippen LogP contribution is -2.47. The molecule has 27 heavy (non-hydrogen) atoms. The highest BCUT2D eigenvalue weighted by molar-refractivity contribution is 5.95. The zero-order chi connectivity index (χ0) is 19.4. The van der Waals surface area contributed by atoms with Gasteiger partial charge in [0.15, 0.2) is 0 Å². The summed E-state index contributed by atoms with van der Waals surface area (Å²) >= 11 is 0. The lowest BCUT2D eigenvalue weighted by molar-refractivity contribution is -0.137. The van der Waals surface area contributed by atoms with Gasteiger partial charge in [0.05, 0.1) is 36.7 Å². The molecule has 2 fully saturated rings. The number of morpholine rings is 1. The van der Waals surface area contributed by atoms with Crippen molar-refractivity contribution in [3.05, 3.63) is 23.8 Å². The fraction of sp³-hybridized carbons (Fsp3) is 0.611. The number of likely N-dealkylation sites (N-methyl/N-ethyl adjacent to an activating group) is 1. The third-order valence-electron chi connectivity index (χ3n) is 4.91. The maximum absolute atomic E-state index is 13.1. The van der Waals surface area contributed by atoms with E-state index in [2.05, 4.69) is 10.2 Å². The van der Waals surface area contributed by atoms with Gasteiger partial charge in [-0.15, -0.1) is 0 Å². The molecule has 0 radical (unpaired) electrons. The molecule has 150 valence electrons. The van der Waals surface area contributed by atoms with Crippen LogP contribution in [0.15, 0.2) is 18.2 Å². The summed E-state index contributed by atoms with van der Waals surface area (Å²) < 4.78 is 44.7. The molecule has 1 aromatic rings. The second-order valence-electron chi connectivity index (χ2n) is 6.96. The van der Waals surface area contributed by atoms with E-state index in [1.54, 1.807) is 0 Å². The summed E-state index contributed by atoms with van der Waals surface area (Å²) in [5.74, 6) is -0.298. The number of benzene rings is 1. The summed E-state index contributed by atoms with van der Waals surface area (Å²) in [4.78, 5) is 18.6. The van der Waals surface area contributed by atoms with Crippen molar-refractivity contribution in [3.63, 3.8) is 0 Å². The van der Waals surface area contributed by atoms with Crippen molar-refractivity contribution in [1.29, 1.82) is 0 Å². The first-order chi connectivity index (χ1) is 12.8. The summed E-state index contributed by atoms with van der Waals surface area (Å²) in [5, 5.41) is 2.70. The van der Waals surface area contributed by atoms with Crippen LogP contribution >= 0.6 is 0 Å². The van der Waals surface area contributed by atoms with Crippen LogP contribution in [0, 0.1) is 0 Å². The lowest BCUT2D eigenvalue weighted by atomic mass is 10.1. The van der Waals surface area contributed by atoms with E-state index in [0.717, 1.165) is 38.3 Å². The number of hydrogen-bond donors (Lipinski definition) is 1. The van der Waals surface area contributed by atoms with E-state index in [0.29, 0.717) is 32.0 Å². The minimum atomic E-state index is -4.46. The number of carbonyl (C=O) groups is 1. The van der Waals surface area contributed by atoms with E-state index in [9.17, 15) is 18.0 Å². The molecule has 0 aromatic heterocycles. The van der Waals surface area contributed by atoms with Crippen molar-refractivity contribution in [2.45, 2.75) is 6.18 Å². The SMILES string of the molecule is CN1CCN(CC(=O)Nc2cc(C(F)(F)F)ccc2N2CCOCC2)CC1. The van der Waals surface area contributed by atoms with Crippen LogP contribution in [0.3, 0.4) is 0 Å². The summed E-state index contributed by atoms with van der Waals surface area (Å²) in [5.41, 5.74) is 0.0262. The molecule has 0 unspecified atom stereocenters. The van der Waals surface area contributed by atoms with Gasteiger partial charge < -0.3 is 19.9 Å². The first kappa shape index (κ1) is 19.9. The first-order valence-electron chi connectivity index (χ1n) is 9.07. The molecule has 0 bridgehead atoms. The van der Waals surface area contributed by atoms with E-state index in [1.807, 2.05) is 16.8 Å². The largest absolute Gasteiger partial charge is 0.416 e. The van der Waals surface area contributed by atoms with E-state index in [4.69, 9.17) is 4.74 Å². The average molecular weight is 386 g/mol. The molecule has 2 heterocycles. The molecule has 0 saturated carbocycles. The number of rotatable bonds is 4.